The average molecular weight is 238 g/mol. The maximum Gasteiger partial charge on any atom is 0.240 e. The normalized spacial score (nSPS) is 10.2. The van der Waals surface area contributed by atoms with Gasteiger partial charge >= 0.3 is 0 Å². The zero-order chi connectivity index (χ0) is 12.5. The number of methoxy groups -OCH3 is 1. The molecule has 0 saturated heterocycles. The lowest BCUT2D eigenvalue weighted by molar-refractivity contribution is -0.118. The fraction of sp³-hybridized carbons (Fsp3) is 0.417. The van der Waals surface area contributed by atoms with Crippen molar-refractivity contribution in [1.82, 2.24) is 5.48 Å². The van der Waals surface area contributed by atoms with Crippen molar-refractivity contribution < 1.29 is 14.4 Å². The van der Waals surface area contributed by atoms with Crippen LogP contribution in [0.5, 0.6) is 0 Å². The summed E-state index contributed by atoms with van der Waals surface area (Å²) >= 11 is 0. The van der Waals surface area contributed by atoms with Gasteiger partial charge in [-0.1, -0.05) is 17.7 Å². The van der Waals surface area contributed by atoms with Crippen LogP contribution in [0.15, 0.2) is 24.3 Å². The van der Waals surface area contributed by atoms with Crippen LogP contribution in [0.2, 0.25) is 0 Å². The SMILES string of the molecule is COCCONCC(=O)Nc1ccc(C)cc1. The Bertz CT molecular complexity index is 338. The quantitative estimate of drug-likeness (QED) is 0.551. The van der Waals surface area contributed by atoms with E-state index >= 15 is 0 Å². The third kappa shape index (κ3) is 6.01. The molecule has 0 saturated carbocycles. The van der Waals surface area contributed by atoms with Gasteiger partial charge in [-0.3, -0.25) is 9.63 Å². The van der Waals surface area contributed by atoms with Crippen molar-refractivity contribution in [3.05, 3.63) is 29.8 Å². The molecule has 2 N–H and O–H groups in total. The number of anilines is 1. The van der Waals surface area contributed by atoms with Crippen molar-refractivity contribution in [3.8, 4) is 0 Å². The molecule has 0 atom stereocenters. The lowest BCUT2D eigenvalue weighted by Crippen LogP contribution is -2.29. The Labute approximate surface area is 101 Å². The summed E-state index contributed by atoms with van der Waals surface area (Å²) < 4.78 is 4.79. The van der Waals surface area contributed by atoms with E-state index in [1.165, 1.54) is 0 Å². The Morgan fingerprint density at radius 1 is 1.24 bits per heavy atom. The van der Waals surface area contributed by atoms with E-state index in [4.69, 9.17) is 9.57 Å². The molecule has 0 fully saturated rings. The Morgan fingerprint density at radius 2 is 1.94 bits per heavy atom. The van der Waals surface area contributed by atoms with Crippen LogP contribution in [-0.2, 0) is 14.4 Å². The molecule has 5 nitrogen and oxygen atoms in total. The van der Waals surface area contributed by atoms with Crippen molar-refractivity contribution in [1.29, 1.82) is 0 Å². The Hall–Kier alpha value is -1.43. The maximum atomic E-state index is 11.4. The zero-order valence-electron chi connectivity index (χ0n) is 10.2. The lowest BCUT2D eigenvalue weighted by atomic mass is 10.2. The van der Waals surface area contributed by atoms with E-state index in [2.05, 4.69) is 10.8 Å². The van der Waals surface area contributed by atoms with E-state index in [0.717, 1.165) is 11.3 Å². The van der Waals surface area contributed by atoms with Crippen molar-refractivity contribution >= 4 is 11.6 Å². The number of benzene rings is 1. The Morgan fingerprint density at radius 3 is 2.59 bits per heavy atom. The molecule has 0 aromatic heterocycles. The molecule has 1 rings (SSSR count). The van der Waals surface area contributed by atoms with Gasteiger partial charge in [0.1, 0.15) is 6.54 Å². The van der Waals surface area contributed by atoms with E-state index in [9.17, 15) is 4.79 Å². The highest BCUT2D eigenvalue weighted by Crippen LogP contribution is 2.07. The summed E-state index contributed by atoms with van der Waals surface area (Å²) in [6, 6.07) is 7.61. The van der Waals surface area contributed by atoms with Crippen LogP contribution in [-0.4, -0.2) is 32.8 Å². The molecule has 0 aliphatic rings. The first-order chi connectivity index (χ1) is 8.22. The number of hydrogen-bond donors (Lipinski definition) is 2. The minimum atomic E-state index is -0.147. The molecule has 0 unspecified atom stereocenters. The van der Waals surface area contributed by atoms with Gasteiger partial charge in [0, 0.05) is 12.8 Å². The molecule has 1 aromatic rings. The highest BCUT2D eigenvalue weighted by atomic mass is 16.7. The number of amides is 1. The topological polar surface area (TPSA) is 59.6 Å². The summed E-state index contributed by atoms with van der Waals surface area (Å²) in [5.41, 5.74) is 4.49. The number of carbonyl (C=O) groups is 1. The molecule has 0 radical (unpaired) electrons. The van der Waals surface area contributed by atoms with E-state index in [0.29, 0.717) is 13.2 Å². The Balaban J connectivity index is 2.18. The predicted molar refractivity (Wildman–Crippen MR) is 65.6 cm³/mol. The maximum absolute atomic E-state index is 11.4. The fourth-order valence-corrected chi connectivity index (χ4v) is 1.16. The van der Waals surface area contributed by atoms with E-state index in [-0.39, 0.29) is 12.5 Å². The lowest BCUT2D eigenvalue weighted by Gasteiger charge is -2.07. The summed E-state index contributed by atoms with van der Waals surface area (Å²) in [6.45, 7) is 3.01. The van der Waals surface area contributed by atoms with Gasteiger partial charge in [0.25, 0.3) is 0 Å². The second-order valence-electron chi connectivity index (χ2n) is 3.58. The van der Waals surface area contributed by atoms with Gasteiger partial charge < -0.3 is 10.1 Å². The Kier molecular flexibility index (Phi) is 6.24. The third-order valence-electron chi connectivity index (χ3n) is 2.06. The van der Waals surface area contributed by atoms with Crippen molar-refractivity contribution in [2.45, 2.75) is 6.92 Å². The first-order valence-corrected chi connectivity index (χ1v) is 5.42. The minimum Gasteiger partial charge on any atom is -0.382 e. The largest absolute Gasteiger partial charge is 0.382 e. The summed E-state index contributed by atoms with van der Waals surface area (Å²) in [7, 11) is 1.59. The first-order valence-electron chi connectivity index (χ1n) is 5.42. The number of aryl methyl sites for hydroxylation is 1. The molecular formula is C12H18N2O3. The number of ether oxygens (including phenoxy) is 1. The molecule has 1 amide bonds. The number of nitrogens with one attached hydrogen (secondary N) is 2. The van der Waals surface area contributed by atoms with Gasteiger partial charge in [0.15, 0.2) is 0 Å². The van der Waals surface area contributed by atoms with E-state index in [1.807, 2.05) is 31.2 Å². The van der Waals surface area contributed by atoms with Gasteiger partial charge in [-0.05, 0) is 19.1 Å². The molecular weight excluding hydrogens is 220 g/mol. The average Bonchev–Trinajstić information content (AvgIpc) is 2.32. The monoisotopic (exact) mass is 238 g/mol. The van der Waals surface area contributed by atoms with Crippen molar-refractivity contribution in [3.63, 3.8) is 0 Å². The minimum absolute atomic E-state index is 0.109. The van der Waals surface area contributed by atoms with Crippen molar-refractivity contribution in [2.75, 3.05) is 32.2 Å². The second-order valence-corrected chi connectivity index (χ2v) is 3.58. The summed E-state index contributed by atoms with van der Waals surface area (Å²) in [6.07, 6.45) is 0. The zero-order valence-corrected chi connectivity index (χ0v) is 10.2. The molecule has 1 aromatic carbocycles. The van der Waals surface area contributed by atoms with Crippen LogP contribution >= 0.6 is 0 Å². The van der Waals surface area contributed by atoms with Crippen molar-refractivity contribution in [2.24, 2.45) is 0 Å². The van der Waals surface area contributed by atoms with Gasteiger partial charge in [0.2, 0.25) is 5.91 Å². The number of hydrogen-bond acceptors (Lipinski definition) is 4. The second kappa shape index (κ2) is 7.78. The highest BCUT2D eigenvalue weighted by molar-refractivity contribution is 5.92. The molecule has 0 heterocycles. The predicted octanol–water partition coefficient (Wildman–Crippen LogP) is 1.10. The highest BCUT2D eigenvalue weighted by Gasteiger charge is 2.01. The van der Waals surface area contributed by atoms with Crippen LogP contribution in [0.1, 0.15) is 5.56 Å². The number of hydroxylamine groups is 1. The van der Waals surface area contributed by atoms with E-state index in [1.54, 1.807) is 7.11 Å². The number of rotatable bonds is 7. The summed E-state index contributed by atoms with van der Waals surface area (Å²) in [5, 5.41) is 2.75. The van der Waals surface area contributed by atoms with Crippen LogP contribution in [0, 0.1) is 6.92 Å². The van der Waals surface area contributed by atoms with Gasteiger partial charge in [-0.15, -0.1) is 0 Å². The molecule has 0 aliphatic carbocycles. The van der Waals surface area contributed by atoms with Gasteiger partial charge in [0.05, 0.1) is 13.2 Å². The number of carbonyl (C=O) groups excluding carboxylic acids is 1. The molecule has 0 aliphatic heterocycles. The summed E-state index contributed by atoms with van der Waals surface area (Å²) in [5.74, 6) is -0.147. The third-order valence-corrected chi connectivity index (χ3v) is 2.06. The van der Waals surface area contributed by atoms with Crippen LogP contribution in [0.3, 0.4) is 0 Å². The standard InChI is InChI=1S/C12H18N2O3/c1-10-3-5-11(6-4-10)14-12(15)9-13-17-8-7-16-2/h3-6,13H,7-9H2,1-2H3,(H,14,15). The molecule has 94 valence electrons. The van der Waals surface area contributed by atoms with Crippen LogP contribution in [0.4, 0.5) is 5.69 Å². The first kappa shape index (κ1) is 13.6. The fourth-order valence-electron chi connectivity index (χ4n) is 1.16. The van der Waals surface area contributed by atoms with Gasteiger partial charge in [-0.25, -0.2) is 0 Å². The van der Waals surface area contributed by atoms with Crippen LogP contribution in [0.25, 0.3) is 0 Å². The molecule has 5 heteroatoms. The molecule has 0 bridgehead atoms. The summed E-state index contributed by atoms with van der Waals surface area (Å²) in [4.78, 5) is 16.4. The molecule has 0 spiro atoms. The smallest absolute Gasteiger partial charge is 0.240 e. The van der Waals surface area contributed by atoms with Crippen LogP contribution < -0.4 is 10.8 Å². The molecule has 17 heavy (non-hydrogen) atoms. The van der Waals surface area contributed by atoms with E-state index < -0.39 is 0 Å². The van der Waals surface area contributed by atoms with Gasteiger partial charge in [-0.2, -0.15) is 5.48 Å².